The minimum atomic E-state index is -0.390. The van der Waals surface area contributed by atoms with Gasteiger partial charge in [0.25, 0.3) is 11.1 Å². The molecule has 2 rings (SSSR count). The molecule has 0 saturated carbocycles. The minimum Gasteiger partial charge on any atom is -0.507 e. The van der Waals surface area contributed by atoms with Gasteiger partial charge in [0.2, 0.25) is 0 Å². The molecule has 0 atom stereocenters. The Labute approximate surface area is 104 Å². The van der Waals surface area contributed by atoms with Crippen LogP contribution in [0, 0.1) is 0 Å². The summed E-state index contributed by atoms with van der Waals surface area (Å²) in [6, 6.07) is 4.83. The van der Waals surface area contributed by atoms with Crippen molar-refractivity contribution in [1.29, 1.82) is 0 Å². The normalized spacial score (nSPS) is 17.9. The predicted molar refractivity (Wildman–Crippen MR) is 64.9 cm³/mol. The number of phenolic OH excluding ortho intramolecular Hbond substituents is 1. The van der Waals surface area contributed by atoms with Gasteiger partial charge in [-0.2, -0.15) is 0 Å². The molecule has 0 radical (unpaired) electrons. The molecule has 0 bridgehead atoms. The number of hydrogen-bond donors (Lipinski definition) is 2. The predicted octanol–water partition coefficient (Wildman–Crippen LogP) is 2.48. The van der Waals surface area contributed by atoms with Gasteiger partial charge in [-0.05, 0) is 51.5 Å². The van der Waals surface area contributed by atoms with E-state index in [1.54, 1.807) is 18.2 Å². The Balaban J connectivity index is 2.32. The van der Waals surface area contributed by atoms with E-state index in [2.05, 4.69) is 21.2 Å². The van der Waals surface area contributed by atoms with Crippen molar-refractivity contribution in [2.75, 3.05) is 0 Å². The maximum Gasteiger partial charge on any atom is 0.290 e. The molecular formula is C10H6BrNO3S. The molecule has 0 aliphatic carbocycles. The molecule has 82 valence electrons. The Morgan fingerprint density at radius 1 is 1.38 bits per heavy atom. The summed E-state index contributed by atoms with van der Waals surface area (Å²) >= 11 is 4.03. The minimum absolute atomic E-state index is 0.127. The second-order valence-electron chi connectivity index (χ2n) is 3.06. The number of carbonyl (C=O) groups excluding carboxylic acids is 2. The van der Waals surface area contributed by atoms with Crippen LogP contribution in [0.2, 0.25) is 0 Å². The first-order chi connectivity index (χ1) is 7.56. The topological polar surface area (TPSA) is 66.4 Å². The Kier molecular flexibility index (Phi) is 3.02. The molecule has 6 heteroatoms. The van der Waals surface area contributed by atoms with Crippen LogP contribution in [-0.4, -0.2) is 16.3 Å². The van der Waals surface area contributed by atoms with E-state index in [4.69, 9.17) is 0 Å². The van der Waals surface area contributed by atoms with Crippen molar-refractivity contribution < 1.29 is 14.7 Å². The van der Waals surface area contributed by atoms with Gasteiger partial charge in [0.1, 0.15) is 5.75 Å². The number of carbonyl (C=O) groups is 2. The number of hydrogen-bond acceptors (Lipinski definition) is 4. The maximum absolute atomic E-state index is 11.3. The van der Waals surface area contributed by atoms with Crippen molar-refractivity contribution in [1.82, 2.24) is 5.32 Å². The van der Waals surface area contributed by atoms with Gasteiger partial charge in [-0.1, -0.05) is 6.07 Å². The van der Waals surface area contributed by atoms with Crippen molar-refractivity contribution in [3.63, 3.8) is 0 Å². The number of halogens is 1. The molecule has 1 aliphatic rings. The van der Waals surface area contributed by atoms with Gasteiger partial charge < -0.3 is 5.11 Å². The van der Waals surface area contributed by atoms with Crippen LogP contribution in [0.4, 0.5) is 4.79 Å². The van der Waals surface area contributed by atoms with Crippen molar-refractivity contribution >= 4 is 44.9 Å². The van der Waals surface area contributed by atoms with Crippen LogP contribution in [0.1, 0.15) is 5.56 Å². The van der Waals surface area contributed by atoms with Crippen LogP contribution < -0.4 is 5.32 Å². The number of amides is 2. The molecule has 1 aliphatic heterocycles. The zero-order valence-electron chi connectivity index (χ0n) is 7.86. The fraction of sp³-hybridized carbons (Fsp3) is 0. The smallest absolute Gasteiger partial charge is 0.290 e. The fourth-order valence-electron chi connectivity index (χ4n) is 1.19. The lowest BCUT2D eigenvalue weighted by atomic mass is 10.2. The monoisotopic (exact) mass is 299 g/mol. The molecule has 1 heterocycles. The first kappa shape index (κ1) is 11.2. The first-order valence-electron chi connectivity index (χ1n) is 4.29. The SMILES string of the molecule is O=C1NC(=O)/C(=C\c2ccc(O)c(Br)c2)S1. The molecule has 0 unspecified atom stereocenters. The van der Waals surface area contributed by atoms with Gasteiger partial charge in [0.05, 0.1) is 9.38 Å². The fourth-order valence-corrected chi connectivity index (χ4v) is 2.26. The van der Waals surface area contributed by atoms with E-state index in [1.807, 2.05) is 0 Å². The van der Waals surface area contributed by atoms with Crippen molar-refractivity contribution in [2.45, 2.75) is 0 Å². The lowest BCUT2D eigenvalue weighted by Crippen LogP contribution is -2.17. The van der Waals surface area contributed by atoms with Crippen molar-refractivity contribution in [3.05, 3.63) is 33.1 Å². The quantitative estimate of drug-likeness (QED) is 0.782. The lowest BCUT2D eigenvalue weighted by molar-refractivity contribution is -0.115. The average Bonchev–Trinajstić information content (AvgIpc) is 2.51. The summed E-state index contributed by atoms with van der Waals surface area (Å²) in [5, 5.41) is 11.1. The summed E-state index contributed by atoms with van der Waals surface area (Å²) in [5.74, 6) is -0.263. The summed E-state index contributed by atoms with van der Waals surface area (Å²) < 4.78 is 0.539. The number of aromatic hydroxyl groups is 1. The average molecular weight is 300 g/mol. The summed E-state index contributed by atoms with van der Waals surface area (Å²) in [6.07, 6.45) is 1.59. The Morgan fingerprint density at radius 3 is 2.69 bits per heavy atom. The number of rotatable bonds is 1. The summed E-state index contributed by atoms with van der Waals surface area (Å²) in [7, 11) is 0. The summed E-state index contributed by atoms with van der Waals surface area (Å²) in [6.45, 7) is 0. The standard InChI is InChI=1S/C10H6BrNO3S/c11-6-3-5(1-2-7(6)13)4-8-9(14)12-10(15)16-8/h1-4,13H,(H,12,14,15)/b8-4+. The van der Waals surface area contributed by atoms with Gasteiger partial charge in [-0.25, -0.2) is 0 Å². The van der Waals surface area contributed by atoms with E-state index in [0.717, 1.165) is 17.3 Å². The highest BCUT2D eigenvalue weighted by molar-refractivity contribution is 9.10. The molecule has 0 aromatic heterocycles. The molecule has 2 amide bonds. The number of imide groups is 1. The van der Waals surface area contributed by atoms with Crippen LogP contribution in [0.3, 0.4) is 0 Å². The van der Waals surface area contributed by atoms with E-state index in [-0.39, 0.29) is 16.9 Å². The molecule has 1 aromatic rings. The number of benzene rings is 1. The van der Waals surface area contributed by atoms with Crippen LogP contribution in [0.15, 0.2) is 27.6 Å². The molecule has 1 saturated heterocycles. The molecule has 1 fully saturated rings. The third-order valence-corrected chi connectivity index (χ3v) is 3.36. The van der Waals surface area contributed by atoms with E-state index >= 15 is 0 Å². The van der Waals surface area contributed by atoms with Crippen LogP contribution in [0.25, 0.3) is 6.08 Å². The molecule has 0 spiro atoms. The number of phenols is 1. The number of thioether (sulfide) groups is 1. The highest BCUT2D eigenvalue weighted by Gasteiger charge is 2.24. The molecule has 2 N–H and O–H groups in total. The van der Waals surface area contributed by atoms with Crippen LogP contribution >= 0.6 is 27.7 Å². The second-order valence-corrected chi connectivity index (χ2v) is 4.93. The molecule has 16 heavy (non-hydrogen) atoms. The lowest BCUT2D eigenvalue weighted by Gasteiger charge is -1.98. The first-order valence-corrected chi connectivity index (χ1v) is 5.90. The van der Waals surface area contributed by atoms with Gasteiger partial charge in [0, 0.05) is 0 Å². The van der Waals surface area contributed by atoms with Crippen molar-refractivity contribution in [3.8, 4) is 5.75 Å². The van der Waals surface area contributed by atoms with Crippen molar-refractivity contribution in [2.24, 2.45) is 0 Å². The molecular weight excluding hydrogens is 294 g/mol. The summed E-state index contributed by atoms with van der Waals surface area (Å²) in [4.78, 5) is 22.5. The van der Waals surface area contributed by atoms with E-state index in [9.17, 15) is 14.7 Å². The second kappa shape index (κ2) is 4.31. The summed E-state index contributed by atoms with van der Waals surface area (Å²) in [5.41, 5.74) is 0.733. The highest BCUT2D eigenvalue weighted by Crippen LogP contribution is 2.29. The third kappa shape index (κ3) is 2.28. The van der Waals surface area contributed by atoms with Crippen LogP contribution in [-0.2, 0) is 4.79 Å². The van der Waals surface area contributed by atoms with E-state index in [0.29, 0.717) is 9.38 Å². The number of nitrogens with one attached hydrogen (secondary N) is 1. The Bertz CT molecular complexity index is 513. The zero-order chi connectivity index (χ0) is 11.7. The van der Waals surface area contributed by atoms with Gasteiger partial charge in [-0.3, -0.25) is 14.9 Å². The molecule has 1 aromatic carbocycles. The highest BCUT2D eigenvalue weighted by atomic mass is 79.9. The Hall–Kier alpha value is -1.27. The zero-order valence-corrected chi connectivity index (χ0v) is 10.3. The van der Waals surface area contributed by atoms with Crippen LogP contribution in [0.5, 0.6) is 5.75 Å². The van der Waals surface area contributed by atoms with Gasteiger partial charge in [-0.15, -0.1) is 0 Å². The maximum atomic E-state index is 11.3. The largest absolute Gasteiger partial charge is 0.507 e. The molecule has 4 nitrogen and oxygen atoms in total. The van der Waals surface area contributed by atoms with E-state index < -0.39 is 0 Å². The van der Waals surface area contributed by atoms with E-state index in [1.165, 1.54) is 6.07 Å². The Morgan fingerprint density at radius 2 is 2.12 bits per heavy atom. The van der Waals surface area contributed by atoms with Gasteiger partial charge >= 0.3 is 0 Å². The van der Waals surface area contributed by atoms with Gasteiger partial charge in [0.15, 0.2) is 0 Å². The third-order valence-electron chi connectivity index (χ3n) is 1.91.